The molecule has 2 aromatic rings. The minimum absolute atomic E-state index is 0.177. The van der Waals surface area contributed by atoms with E-state index in [1.165, 1.54) is 12.1 Å². The van der Waals surface area contributed by atoms with Crippen LogP contribution in [0.2, 0.25) is 0 Å². The van der Waals surface area contributed by atoms with Crippen molar-refractivity contribution in [1.82, 2.24) is 0 Å². The van der Waals surface area contributed by atoms with Crippen LogP contribution in [-0.2, 0) is 18.0 Å². The van der Waals surface area contributed by atoms with E-state index >= 15 is 0 Å². The maximum absolute atomic E-state index is 13.4. The third-order valence-electron chi connectivity index (χ3n) is 2.73. The van der Waals surface area contributed by atoms with Crippen LogP contribution < -0.4 is 5.73 Å². The van der Waals surface area contributed by atoms with Gasteiger partial charge in [-0.2, -0.15) is 0 Å². The van der Waals surface area contributed by atoms with E-state index in [9.17, 15) is 4.39 Å². The molecule has 104 valence electrons. The van der Waals surface area contributed by atoms with Crippen molar-refractivity contribution in [2.24, 2.45) is 5.73 Å². The van der Waals surface area contributed by atoms with Gasteiger partial charge in [0, 0.05) is 10.0 Å². The van der Waals surface area contributed by atoms with Gasteiger partial charge in [0.05, 0.1) is 13.2 Å². The Bertz CT molecular complexity index is 633. The number of rotatable bonds is 5. The van der Waals surface area contributed by atoms with E-state index in [1.807, 2.05) is 24.3 Å². The number of halogens is 2. The first kappa shape index (κ1) is 15.1. The first-order valence-electron chi connectivity index (χ1n) is 5.96. The second-order valence-corrected chi connectivity index (χ2v) is 5.59. The first-order valence-corrected chi connectivity index (χ1v) is 7.17. The highest BCUT2D eigenvalue weighted by molar-refractivity contribution is 9.10. The summed E-state index contributed by atoms with van der Waals surface area (Å²) in [7, 11) is 0. The topological polar surface area (TPSA) is 35.2 Å². The maximum atomic E-state index is 13.4. The third kappa shape index (κ3) is 4.10. The molecule has 0 spiro atoms. The Morgan fingerprint density at radius 1 is 1.20 bits per heavy atom. The Labute approximate surface area is 130 Å². The molecule has 0 radical (unpaired) electrons. The molecule has 0 aliphatic heterocycles. The molecule has 2 rings (SSSR count). The van der Waals surface area contributed by atoms with E-state index in [-0.39, 0.29) is 10.8 Å². The van der Waals surface area contributed by atoms with Crippen LogP contribution >= 0.6 is 28.1 Å². The van der Waals surface area contributed by atoms with Gasteiger partial charge in [-0.25, -0.2) is 4.39 Å². The van der Waals surface area contributed by atoms with Crippen molar-refractivity contribution in [3.63, 3.8) is 0 Å². The van der Waals surface area contributed by atoms with Crippen LogP contribution in [0.1, 0.15) is 16.7 Å². The van der Waals surface area contributed by atoms with Crippen LogP contribution in [0.3, 0.4) is 0 Å². The lowest BCUT2D eigenvalue weighted by molar-refractivity contribution is 0.106. The SMILES string of the molecule is NC(=S)c1cc(F)cc(COCc2ccccc2Br)c1. The van der Waals surface area contributed by atoms with E-state index in [4.69, 9.17) is 22.7 Å². The lowest BCUT2D eigenvalue weighted by Crippen LogP contribution is -2.10. The summed E-state index contributed by atoms with van der Waals surface area (Å²) in [5.41, 5.74) is 7.77. The molecule has 0 atom stereocenters. The Kier molecular flexibility index (Phi) is 5.23. The summed E-state index contributed by atoms with van der Waals surface area (Å²) >= 11 is 8.30. The van der Waals surface area contributed by atoms with Gasteiger partial charge in [0.2, 0.25) is 0 Å². The lowest BCUT2D eigenvalue weighted by Gasteiger charge is -2.08. The molecule has 0 aliphatic carbocycles. The third-order valence-corrected chi connectivity index (χ3v) is 3.74. The Hall–Kier alpha value is -1.30. The monoisotopic (exact) mass is 353 g/mol. The van der Waals surface area contributed by atoms with Gasteiger partial charge in [0.1, 0.15) is 10.8 Å². The average Bonchev–Trinajstić information content (AvgIpc) is 2.40. The molecule has 0 aromatic heterocycles. The van der Waals surface area contributed by atoms with Gasteiger partial charge in [-0.1, -0.05) is 46.3 Å². The van der Waals surface area contributed by atoms with Crippen LogP contribution in [0.5, 0.6) is 0 Å². The molecule has 0 saturated heterocycles. The minimum atomic E-state index is -0.366. The van der Waals surface area contributed by atoms with Crippen molar-refractivity contribution in [3.8, 4) is 0 Å². The van der Waals surface area contributed by atoms with Crippen molar-refractivity contribution in [2.75, 3.05) is 0 Å². The number of nitrogens with two attached hydrogens (primary N) is 1. The quantitative estimate of drug-likeness (QED) is 0.826. The van der Waals surface area contributed by atoms with E-state index < -0.39 is 0 Å². The first-order chi connectivity index (χ1) is 9.56. The molecule has 20 heavy (non-hydrogen) atoms. The van der Waals surface area contributed by atoms with Gasteiger partial charge in [-0.05, 0) is 35.4 Å². The Morgan fingerprint density at radius 3 is 2.65 bits per heavy atom. The van der Waals surface area contributed by atoms with Crippen LogP contribution in [-0.4, -0.2) is 4.99 Å². The molecule has 0 heterocycles. The average molecular weight is 354 g/mol. The van der Waals surface area contributed by atoms with Crippen LogP contribution in [0.15, 0.2) is 46.9 Å². The van der Waals surface area contributed by atoms with E-state index in [0.29, 0.717) is 24.3 Å². The molecule has 0 unspecified atom stereocenters. The van der Waals surface area contributed by atoms with Crippen molar-refractivity contribution in [2.45, 2.75) is 13.2 Å². The predicted molar refractivity (Wildman–Crippen MR) is 84.9 cm³/mol. The van der Waals surface area contributed by atoms with Crippen LogP contribution in [0.4, 0.5) is 4.39 Å². The zero-order chi connectivity index (χ0) is 14.5. The summed E-state index contributed by atoms with van der Waals surface area (Å²) in [5, 5.41) is 0. The fourth-order valence-corrected chi connectivity index (χ4v) is 2.29. The normalized spacial score (nSPS) is 10.5. The summed E-state index contributed by atoms with van der Waals surface area (Å²) < 4.78 is 20.0. The number of benzene rings is 2. The zero-order valence-electron chi connectivity index (χ0n) is 10.6. The summed E-state index contributed by atoms with van der Waals surface area (Å²) in [5.74, 6) is -0.366. The van der Waals surface area contributed by atoms with Gasteiger partial charge in [-0.15, -0.1) is 0 Å². The highest BCUT2D eigenvalue weighted by atomic mass is 79.9. The van der Waals surface area contributed by atoms with Gasteiger partial charge < -0.3 is 10.5 Å². The van der Waals surface area contributed by atoms with Crippen molar-refractivity contribution >= 4 is 33.1 Å². The minimum Gasteiger partial charge on any atom is -0.389 e. The van der Waals surface area contributed by atoms with Crippen molar-refractivity contribution in [3.05, 3.63) is 69.4 Å². The van der Waals surface area contributed by atoms with Gasteiger partial charge >= 0.3 is 0 Å². The number of thiocarbonyl (C=S) groups is 1. The molecule has 5 heteroatoms. The number of hydrogen-bond acceptors (Lipinski definition) is 2. The molecular weight excluding hydrogens is 341 g/mol. The molecule has 0 fully saturated rings. The largest absolute Gasteiger partial charge is 0.389 e. The van der Waals surface area contributed by atoms with Crippen molar-refractivity contribution in [1.29, 1.82) is 0 Å². The summed E-state index contributed by atoms with van der Waals surface area (Å²) in [6.07, 6.45) is 0. The van der Waals surface area contributed by atoms with Crippen molar-refractivity contribution < 1.29 is 9.13 Å². The van der Waals surface area contributed by atoms with E-state index in [1.54, 1.807) is 6.07 Å². The molecule has 0 saturated carbocycles. The summed E-state index contributed by atoms with van der Waals surface area (Å²) in [4.78, 5) is 0.177. The molecule has 2 N–H and O–H groups in total. The van der Waals surface area contributed by atoms with Gasteiger partial charge in [-0.3, -0.25) is 0 Å². The molecular formula is C15H13BrFNOS. The molecule has 0 aliphatic rings. The Balaban J connectivity index is 2.01. The summed E-state index contributed by atoms with van der Waals surface area (Å²) in [6, 6.07) is 12.3. The maximum Gasteiger partial charge on any atom is 0.124 e. The van der Waals surface area contributed by atoms with E-state index in [2.05, 4.69) is 15.9 Å². The van der Waals surface area contributed by atoms with E-state index in [0.717, 1.165) is 10.0 Å². The fraction of sp³-hybridized carbons (Fsp3) is 0.133. The molecule has 2 aromatic carbocycles. The number of ether oxygens (including phenoxy) is 1. The lowest BCUT2D eigenvalue weighted by atomic mass is 10.1. The zero-order valence-corrected chi connectivity index (χ0v) is 13.0. The van der Waals surface area contributed by atoms with Gasteiger partial charge in [0.15, 0.2) is 0 Å². The standard InChI is InChI=1S/C15H13BrFNOS/c16-14-4-2-1-3-11(14)9-19-8-10-5-12(15(18)20)7-13(17)6-10/h1-7H,8-9H2,(H2,18,20). The second-order valence-electron chi connectivity index (χ2n) is 4.30. The Morgan fingerprint density at radius 2 is 1.95 bits per heavy atom. The fourth-order valence-electron chi connectivity index (χ4n) is 1.77. The highest BCUT2D eigenvalue weighted by Gasteiger charge is 2.04. The number of hydrogen-bond donors (Lipinski definition) is 1. The molecule has 0 bridgehead atoms. The van der Waals surface area contributed by atoms with Crippen LogP contribution in [0.25, 0.3) is 0 Å². The summed E-state index contributed by atoms with van der Waals surface area (Å²) in [6.45, 7) is 0.745. The molecule has 0 amide bonds. The van der Waals surface area contributed by atoms with Gasteiger partial charge in [0.25, 0.3) is 0 Å². The highest BCUT2D eigenvalue weighted by Crippen LogP contribution is 2.18. The smallest absolute Gasteiger partial charge is 0.124 e. The predicted octanol–water partition coefficient (Wildman–Crippen LogP) is 3.94. The second kappa shape index (κ2) is 6.92. The molecule has 2 nitrogen and oxygen atoms in total. The van der Waals surface area contributed by atoms with Crippen LogP contribution in [0, 0.1) is 5.82 Å².